The molecule has 0 amide bonds. The Balaban J connectivity index is 1.89. The topological polar surface area (TPSA) is 80.4 Å². The third kappa shape index (κ3) is 3.43. The lowest BCUT2D eigenvalue weighted by Crippen LogP contribution is -2.05. The molecule has 96 valence electrons. The Hall–Kier alpha value is -1.63. The van der Waals surface area contributed by atoms with E-state index in [-0.39, 0.29) is 6.61 Å². The van der Waals surface area contributed by atoms with E-state index in [1.165, 1.54) is 11.3 Å². The number of nitrogens with zero attached hydrogens (tertiary/aromatic N) is 1. The van der Waals surface area contributed by atoms with Crippen LogP contribution in [0.4, 0.5) is 5.13 Å². The summed E-state index contributed by atoms with van der Waals surface area (Å²) in [6.45, 7) is 0.634. The van der Waals surface area contributed by atoms with Crippen LogP contribution in [-0.4, -0.2) is 16.7 Å². The maximum atomic E-state index is 8.81. The molecule has 6 heteroatoms. The summed E-state index contributed by atoms with van der Waals surface area (Å²) in [5.41, 5.74) is 3.59. The van der Waals surface area contributed by atoms with Crippen molar-refractivity contribution in [3.05, 3.63) is 40.9 Å². The molecule has 1 aromatic carbocycles. The van der Waals surface area contributed by atoms with Crippen molar-refractivity contribution in [3.8, 4) is 5.75 Å². The number of aromatic nitrogens is 1. The highest BCUT2D eigenvalue weighted by Crippen LogP contribution is 2.20. The first kappa shape index (κ1) is 12.8. The number of nitrogens with one attached hydrogen (secondary N) is 1. The summed E-state index contributed by atoms with van der Waals surface area (Å²) in [7, 11) is 0. The smallest absolute Gasteiger partial charge is 0.197 e. The van der Waals surface area contributed by atoms with Crippen molar-refractivity contribution in [2.75, 3.05) is 12.0 Å². The number of thiazole rings is 1. The Kier molecular flexibility index (Phi) is 4.52. The summed E-state index contributed by atoms with van der Waals surface area (Å²) in [4.78, 5) is 5.06. The monoisotopic (exact) mass is 265 g/mol. The van der Waals surface area contributed by atoms with Crippen LogP contribution in [0.5, 0.6) is 5.75 Å². The highest BCUT2D eigenvalue weighted by molar-refractivity contribution is 7.15. The summed E-state index contributed by atoms with van der Waals surface area (Å²) < 4.78 is 5.62. The minimum absolute atomic E-state index is 0.163. The van der Waals surface area contributed by atoms with E-state index in [1.807, 2.05) is 24.3 Å². The van der Waals surface area contributed by atoms with E-state index in [9.17, 15) is 0 Å². The molecule has 0 aliphatic carbocycles. The number of aliphatic hydroxyl groups is 1. The van der Waals surface area contributed by atoms with Crippen molar-refractivity contribution in [3.63, 3.8) is 0 Å². The molecule has 2 rings (SSSR count). The number of benzene rings is 1. The summed E-state index contributed by atoms with van der Waals surface area (Å²) in [5, 5.41) is 9.49. The molecule has 4 N–H and O–H groups in total. The second-order valence-electron chi connectivity index (χ2n) is 3.68. The highest BCUT2D eigenvalue weighted by Gasteiger charge is 2.01. The number of hydrazine groups is 1. The third-order valence-corrected chi connectivity index (χ3v) is 3.28. The molecule has 0 bridgehead atoms. The molecule has 0 aliphatic rings. The summed E-state index contributed by atoms with van der Waals surface area (Å²) >= 11 is 1.46. The average Bonchev–Trinajstić information content (AvgIpc) is 2.86. The molecule has 1 heterocycles. The second kappa shape index (κ2) is 6.34. The van der Waals surface area contributed by atoms with Crippen LogP contribution in [0, 0.1) is 0 Å². The Morgan fingerprint density at radius 2 is 2.11 bits per heavy atom. The zero-order valence-corrected chi connectivity index (χ0v) is 10.6. The normalized spacial score (nSPS) is 10.3. The first-order chi connectivity index (χ1) is 8.81. The summed E-state index contributed by atoms with van der Waals surface area (Å²) in [5.74, 6) is 6.05. The first-order valence-corrected chi connectivity index (χ1v) is 6.37. The van der Waals surface area contributed by atoms with Crippen molar-refractivity contribution in [2.24, 2.45) is 5.84 Å². The highest BCUT2D eigenvalue weighted by atomic mass is 32.1. The van der Waals surface area contributed by atoms with Crippen LogP contribution in [-0.2, 0) is 13.0 Å². The van der Waals surface area contributed by atoms with E-state index >= 15 is 0 Å². The maximum Gasteiger partial charge on any atom is 0.197 e. The fourth-order valence-corrected chi connectivity index (χ4v) is 2.11. The third-order valence-electron chi connectivity index (χ3n) is 2.38. The molecule has 0 spiro atoms. The Labute approximate surface area is 109 Å². The second-order valence-corrected chi connectivity index (χ2v) is 4.80. The van der Waals surface area contributed by atoms with Crippen LogP contribution in [0.3, 0.4) is 0 Å². The zero-order chi connectivity index (χ0) is 12.8. The first-order valence-electron chi connectivity index (χ1n) is 5.55. The number of anilines is 1. The number of hydrogen-bond acceptors (Lipinski definition) is 6. The molecular formula is C12H15N3O2S. The molecule has 0 aliphatic heterocycles. The predicted molar refractivity (Wildman–Crippen MR) is 71.5 cm³/mol. The van der Waals surface area contributed by atoms with Gasteiger partial charge in [0.15, 0.2) is 5.13 Å². The van der Waals surface area contributed by atoms with Gasteiger partial charge in [0, 0.05) is 12.8 Å². The van der Waals surface area contributed by atoms with Gasteiger partial charge in [0.05, 0.1) is 4.88 Å². The summed E-state index contributed by atoms with van der Waals surface area (Å²) in [6.07, 6.45) is 2.40. The van der Waals surface area contributed by atoms with Crippen molar-refractivity contribution < 1.29 is 9.84 Å². The molecule has 0 saturated heterocycles. The minimum Gasteiger partial charge on any atom is -0.488 e. The molecule has 18 heavy (non-hydrogen) atoms. The molecule has 0 unspecified atom stereocenters. The van der Waals surface area contributed by atoms with Gasteiger partial charge in [-0.15, -0.1) is 0 Å². The minimum atomic E-state index is 0.163. The Morgan fingerprint density at radius 3 is 2.72 bits per heavy atom. The fraction of sp³-hybridized carbons (Fsp3) is 0.250. The van der Waals surface area contributed by atoms with Gasteiger partial charge in [-0.05, 0) is 24.1 Å². The van der Waals surface area contributed by atoms with Crippen LogP contribution in [0.15, 0.2) is 30.5 Å². The van der Waals surface area contributed by atoms with Crippen LogP contribution in [0.1, 0.15) is 10.4 Å². The largest absolute Gasteiger partial charge is 0.488 e. The van der Waals surface area contributed by atoms with E-state index in [0.717, 1.165) is 16.2 Å². The van der Waals surface area contributed by atoms with Crippen LogP contribution in [0.25, 0.3) is 0 Å². The summed E-state index contributed by atoms with van der Waals surface area (Å²) in [6, 6.07) is 7.69. The quantitative estimate of drug-likeness (QED) is 0.545. The van der Waals surface area contributed by atoms with E-state index in [0.29, 0.717) is 18.2 Å². The van der Waals surface area contributed by atoms with Gasteiger partial charge in [0.1, 0.15) is 12.4 Å². The molecule has 5 nitrogen and oxygen atoms in total. The number of nitrogens with two attached hydrogens (primary N) is 1. The van der Waals surface area contributed by atoms with Gasteiger partial charge in [0.25, 0.3) is 0 Å². The van der Waals surface area contributed by atoms with Crippen LogP contribution in [0.2, 0.25) is 0 Å². The van der Waals surface area contributed by atoms with Gasteiger partial charge in [-0.3, -0.25) is 5.43 Å². The lowest BCUT2D eigenvalue weighted by molar-refractivity contribution is 0.298. The molecule has 0 fully saturated rings. The molecular weight excluding hydrogens is 250 g/mol. The van der Waals surface area contributed by atoms with Crippen LogP contribution < -0.4 is 16.0 Å². The average molecular weight is 265 g/mol. The van der Waals surface area contributed by atoms with E-state index in [4.69, 9.17) is 15.7 Å². The Bertz CT molecular complexity index is 484. The number of rotatable bonds is 6. The Morgan fingerprint density at radius 1 is 1.33 bits per heavy atom. The van der Waals surface area contributed by atoms with Gasteiger partial charge >= 0.3 is 0 Å². The fourth-order valence-electron chi connectivity index (χ4n) is 1.48. The molecule has 0 radical (unpaired) electrons. The molecule has 0 atom stereocenters. The number of ether oxygens (including phenoxy) is 1. The van der Waals surface area contributed by atoms with Gasteiger partial charge in [-0.1, -0.05) is 23.5 Å². The van der Waals surface area contributed by atoms with Crippen LogP contribution >= 0.6 is 11.3 Å². The maximum absolute atomic E-state index is 8.81. The van der Waals surface area contributed by atoms with Crippen molar-refractivity contribution in [1.29, 1.82) is 0 Å². The predicted octanol–water partition coefficient (Wildman–Crippen LogP) is 1.54. The van der Waals surface area contributed by atoms with E-state index < -0.39 is 0 Å². The number of hydrogen-bond donors (Lipinski definition) is 3. The zero-order valence-electron chi connectivity index (χ0n) is 9.80. The van der Waals surface area contributed by atoms with E-state index in [2.05, 4.69) is 10.4 Å². The molecule has 0 saturated carbocycles. The number of nitrogen functional groups attached to an aromatic ring is 1. The molecule has 2 aromatic rings. The van der Waals surface area contributed by atoms with Gasteiger partial charge in [-0.25, -0.2) is 10.8 Å². The van der Waals surface area contributed by atoms with E-state index in [1.54, 1.807) is 6.20 Å². The lowest BCUT2D eigenvalue weighted by atomic mass is 10.1. The van der Waals surface area contributed by atoms with Crippen molar-refractivity contribution >= 4 is 16.5 Å². The van der Waals surface area contributed by atoms with Crippen molar-refractivity contribution in [1.82, 2.24) is 4.98 Å². The van der Waals surface area contributed by atoms with Gasteiger partial charge in [-0.2, -0.15) is 0 Å². The SMILES string of the molecule is NNc1ncc(COc2ccc(CCO)cc2)s1. The lowest BCUT2D eigenvalue weighted by Gasteiger charge is -2.05. The van der Waals surface area contributed by atoms with Gasteiger partial charge < -0.3 is 9.84 Å². The molecule has 1 aromatic heterocycles. The standard InChI is InChI=1S/C12H15N3O2S/c13-15-12-14-7-11(18-12)8-17-10-3-1-9(2-4-10)5-6-16/h1-4,7,16H,5-6,8,13H2,(H,14,15). The van der Waals surface area contributed by atoms with Gasteiger partial charge in [0.2, 0.25) is 0 Å². The van der Waals surface area contributed by atoms with Crippen molar-refractivity contribution in [2.45, 2.75) is 13.0 Å². The number of aliphatic hydroxyl groups excluding tert-OH is 1.